The van der Waals surface area contributed by atoms with Crippen molar-refractivity contribution in [1.29, 1.82) is 0 Å². The maximum Gasteiger partial charge on any atom is 0.0453 e. The molecule has 1 N–H and O–H groups in total. The number of hydrogen-bond donors (Lipinski definition) is 1. The van der Waals surface area contributed by atoms with Crippen molar-refractivity contribution >= 4 is 23.2 Å². The van der Waals surface area contributed by atoms with Crippen LogP contribution in [0.4, 0.5) is 0 Å². The van der Waals surface area contributed by atoms with Crippen molar-refractivity contribution in [2.45, 2.75) is 39.7 Å². The first-order valence-corrected chi connectivity index (χ1v) is 6.95. The first kappa shape index (κ1) is 14.8. The average Bonchev–Trinajstić information content (AvgIpc) is 2.21. The van der Waals surface area contributed by atoms with Gasteiger partial charge in [0.15, 0.2) is 0 Å². The van der Waals surface area contributed by atoms with Crippen LogP contribution in [0.15, 0.2) is 18.2 Å². The fourth-order valence-corrected chi connectivity index (χ4v) is 2.53. The van der Waals surface area contributed by atoms with Crippen LogP contribution in [0.3, 0.4) is 0 Å². The molecule has 0 radical (unpaired) electrons. The van der Waals surface area contributed by atoms with Gasteiger partial charge in [0.05, 0.1) is 0 Å². The van der Waals surface area contributed by atoms with Gasteiger partial charge in [-0.25, -0.2) is 0 Å². The summed E-state index contributed by atoms with van der Waals surface area (Å²) >= 11 is 12.1. The molecule has 1 unspecified atom stereocenters. The van der Waals surface area contributed by atoms with Crippen LogP contribution in [-0.4, -0.2) is 12.6 Å². The van der Waals surface area contributed by atoms with Crippen molar-refractivity contribution in [3.63, 3.8) is 0 Å². The summed E-state index contributed by atoms with van der Waals surface area (Å²) in [6, 6.07) is 6.23. The van der Waals surface area contributed by atoms with Crippen LogP contribution in [0.1, 0.15) is 32.8 Å². The van der Waals surface area contributed by atoms with E-state index >= 15 is 0 Å². The number of rotatable bonds is 6. The topological polar surface area (TPSA) is 12.0 Å². The molecular weight excluding hydrogens is 253 g/mol. The molecule has 3 heteroatoms. The van der Waals surface area contributed by atoms with E-state index in [-0.39, 0.29) is 0 Å². The van der Waals surface area contributed by atoms with Gasteiger partial charge in [-0.3, -0.25) is 0 Å². The summed E-state index contributed by atoms with van der Waals surface area (Å²) in [5, 5.41) is 4.98. The fourth-order valence-electron chi connectivity index (χ4n) is 2.05. The highest BCUT2D eigenvalue weighted by molar-refractivity contribution is 6.35. The zero-order valence-electron chi connectivity index (χ0n) is 10.8. The molecule has 1 aromatic rings. The molecule has 0 aliphatic carbocycles. The highest BCUT2D eigenvalue weighted by atomic mass is 35.5. The minimum atomic E-state index is 0.485. The minimum absolute atomic E-state index is 0.485. The normalized spacial score (nSPS) is 13.1. The van der Waals surface area contributed by atoms with Gasteiger partial charge < -0.3 is 5.32 Å². The van der Waals surface area contributed by atoms with E-state index in [9.17, 15) is 0 Å². The molecule has 0 saturated carbocycles. The smallest absolute Gasteiger partial charge is 0.0453 e. The highest BCUT2D eigenvalue weighted by Gasteiger charge is 2.12. The molecule has 1 rings (SSSR count). The number of likely N-dealkylation sites (N-methyl/N-ethyl adjacent to an activating group) is 1. The van der Waals surface area contributed by atoms with Gasteiger partial charge in [-0.2, -0.15) is 0 Å². The first-order chi connectivity index (χ1) is 8.02. The van der Waals surface area contributed by atoms with Gasteiger partial charge in [-0.15, -0.1) is 0 Å². The zero-order valence-corrected chi connectivity index (χ0v) is 12.3. The number of nitrogens with one attached hydrogen (secondary N) is 1. The van der Waals surface area contributed by atoms with Crippen LogP contribution in [0.5, 0.6) is 0 Å². The molecule has 1 nitrogen and oxygen atoms in total. The van der Waals surface area contributed by atoms with Gasteiger partial charge in [0.25, 0.3) is 0 Å². The molecule has 17 heavy (non-hydrogen) atoms. The fraction of sp³-hybridized carbons (Fsp3) is 0.571. The molecule has 0 spiro atoms. The van der Waals surface area contributed by atoms with Crippen LogP contribution in [0.2, 0.25) is 10.0 Å². The molecule has 0 bridgehead atoms. The Labute approximate surface area is 115 Å². The average molecular weight is 274 g/mol. The van der Waals surface area contributed by atoms with Crippen molar-refractivity contribution in [3.05, 3.63) is 33.8 Å². The summed E-state index contributed by atoms with van der Waals surface area (Å²) < 4.78 is 0. The van der Waals surface area contributed by atoms with Gasteiger partial charge in [0.2, 0.25) is 0 Å². The van der Waals surface area contributed by atoms with Crippen molar-refractivity contribution in [3.8, 4) is 0 Å². The molecule has 0 heterocycles. The third kappa shape index (κ3) is 5.29. The summed E-state index contributed by atoms with van der Waals surface area (Å²) in [6.07, 6.45) is 2.12. The summed E-state index contributed by atoms with van der Waals surface area (Å²) in [4.78, 5) is 0. The van der Waals surface area contributed by atoms with E-state index in [1.165, 1.54) is 5.56 Å². The SMILES string of the molecule is CCNC(Cc1ccc(Cl)cc1Cl)CC(C)C. The van der Waals surface area contributed by atoms with E-state index in [0.29, 0.717) is 17.0 Å². The number of hydrogen-bond acceptors (Lipinski definition) is 1. The van der Waals surface area contributed by atoms with Gasteiger partial charge >= 0.3 is 0 Å². The second kappa shape index (κ2) is 7.25. The summed E-state index contributed by atoms with van der Waals surface area (Å²) in [6.45, 7) is 7.61. The lowest BCUT2D eigenvalue weighted by Gasteiger charge is -2.20. The Hall–Kier alpha value is -0.240. The summed E-state index contributed by atoms with van der Waals surface area (Å²) in [5.74, 6) is 0.685. The zero-order chi connectivity index (χ0) is 12.8. The van der Waals surface area contributed by atoms with Crippen molar-refractivity contribution in [1.82, 2.24) is 5.32 Å². The predicted octanol–water partition coefficient (Wildman–Crippen LogP) is 4.56. The second-order valence-electron chi connectivity index (χ2n) is 4.82. The second-order valence-corrected chi connectivity index (χ2v) is 5.67. The van der Waals surface area contributed by atoms with E-state index in [1.807, 2.05) is 18.2 Å². The minimum Gasteiger partial charge on any atom is -0.314 e. The summed E-state index contributed by atoms with van der Waals surface area (Å²) in [7, 11) is 0. The molecule has 0 amide bonds. The van der Waals surface area contributed by atoms with Gasteiger partial charge in [0, 0.05) is 16.1 Å². The van der Waals surface area contributed by atoms with Gasteiger partial charge in [0.1, 0.15) is 0 Å². The lowest BCUT2D eigenvalue weighted by molar-refractivity contribution is 0.424. The molecule has 0 aliphatic rings. The number of halogens is 2. The standard InChI is InChI=1S/C14H21Cl2N/c1-4-17-13(7-10(2)3)8-11-5-6-12(15)9-14(11)16/h5-6,9-10,13,17H,4,7-8H2,1-3H3. The maximum absolute atomic E-state index is 6.20. The lowest BCUT2D eigenvalue weighted by Crippen LogP contribution is -2.32. The predicted molar refractivity (Wildman–Crippen MR) is 77.1 cm³/mol. The third-order valence-corrected chi connectivity index (χ3v) is 3.32. The Balaban J connectivity index is 2.71. The third-order valence-electron chi connectivity index (χ3n) is 2.73. The van der Waals surface area contributed by atoms with Crippen molar-refractivity contribution in [2.75, 3.05) is 6.54 Å². The summed E-state index contributed by atoms with van der Waals surface area (Å²) in [5.41, 5.74) is 1.17. The lowest BCUT2D eigenvalue weighted by atomic mass is 9.97. The number of benzene rings is 1. The molecule has 1 aromatic carbocycles. The quantitative estimate of drug-likeness (QED) is 0.801. The Bertz CT molecular complexity index is 350. The maximum atomic E-state index is 6.20. The molecule has 0 fully saturated rings. The van der Waals surface area contributed by atoms with E-state index in [4.69, 9.17) is 23.2 Å². The van der Waals surface area contributed by atoms with E-state index in [1.54, 1.807) is 0 Å². The van der Waals surface area contributed by atoms with Crippen LogP contribution >= 0.6 is 23.2 Å². The Morgan fingerprint density at radius 1 is 1.24 bits per heavy atom. The molecular formula is C14H21Cl2N. The van der Waals surface area contributed by atoms with Crippen LogP contribution in [0.25, 0.3) is 0 Å². The molecule has 1 atom stereocenters. The Kier molecular flexibility index (Phi) is 6.32. The van der Waals surface area contributed by atoms with Gasteiger partial charge in [-0.1, -0.05) is 50.0 Å². The molecule has 0 aliphatic heterocycles. The van der Waals surface area contributed by atoms with Gasteiger partial charge in [-0.05, 0) is 43.0 Å². The van der Waals surface area contributed by atoms with Crippen molar-refractivity contribution < 1.29 is 0 Å². The Morgan fingerprint density at radius 3 is 2.47 bits per heavy atom. The van der Waals surface area contributed by atoms with Crippen LogP contribution < -0.4 is 5.32 Å². The highest BCUT2D eigenvalue weighted by Crippen LogP contribution is 2.23. The Morgan fingerprint density at radius 2 is 1.94 bits per heavy atom. The van der Waals surface area contributed by atoms with Crippen molar-refractivity contribution in [2.24, 2.45) is 5.92 Å². The van der Waals surface area contributed by atoms with Crippen LogP contribution in [0, 0.1) is 5.92 Å². The molecule has 0 aromatic heterocycles. The molecule has 0 saturated heterocycles. The van der Waals surface area contributed by atoms with E-state index < -0.39 is 0 Å². The first-order valence-electron chi connectivity index (χ1n) is 6.20. The monoisotopic (exact) mass is 273 g/mol. The molecule has 96 valence electrons. The van der Waals surface area contributed by atoms with Crippen LogP contribution in [-0.2, 0) is 6.42 Å². The van der Waals surface area contributed by atoms with E-state index in [2.05, 4.69) is 26.1 Å². The van der Waals surface area contributed by atoms with E-state index in [0.717, 1.165) is 24.4 Å². The largest absolute Gasteiger partial charge is 0.314 e.